The third-order valence-electron chi connectivity index (χ3n) is 5.34. The first-order valence-corrected chi connectivity index (χ1v) is 11.5. The van der Waals surface area contributed by atoms with E-state index in [0.29, 0.717) is 18.3 Å². The third kappa shape index (κ3) is 5.60. The van der Waals surface area contributed by atoms with Crippen molar-refractivity contribution in [3.63, 3.8) is 0 Å². The van der Waals surface area contributed by atoms with Gasteiger partial charge in [-0.2, -0.15) is 9.49 Å². The van der Waals surface area contributed by atoms with Gasteiger partial charge >= 0.3 is 0 Å². The summed E-state index contributed by atoms with van der Waals surface area (Å²) in [7, 11) is 1.85. The average Bonchev–Trinajstić information content (AvgIpc) is 3.06. The number of aryl methyl sites for hydroxylation is 2. The van der Waals surface area contributed by atoms with Gasteiger partial charge in [-0.15, -0.1) is 0 Å². The van der Waals surface area contributed by atoms with Crippen molar-refractivity contribution in [1.29, 1.82) is 0 Å². The summed E-state index contributed by atoms with van der Waals surface area (Å²) >= 11 is 1.80. The standard InChI is InChI=1S/C20H32FN7S/c1-5-8-28-17(11-15(2)25-28)13-26(3)20-18(21)19(23-14-24-20)22-12-16-6-9-27(29-4)10-7-16/h11,14,16H,5-10,12-13H2,1-4H3,(H,22,23,24). The van der Waals surface area contributed by atoms with Crippen LogP contribution in [0, 0.1) is 18.7 Å². The smallest absolute Gasteiger partial charge is 0.207 e. The highest BCUT2D eigenvalue weighted by Gasteiger charge is 2.21. The van der Waals surface area contributed by atoms with Gasteiger partial charge in [-0.3, -0.25) is 8.99 Å². The molecule has 0 unspecified atom stereocenters. The van der Waals surface area contributed by atoms with Crippen LogP contribution < -0.4 is 10.2 Å². The zero-order valence-corrected chi connectivity index (χ0v) is 18.7. The van der Waals surface area contributed by atoms with E-state index in [9.17, 15) is 0 Å². The number of halogens is 1. The number of anilines is 2. The Bertz CT molecular complexity index is 789. The van der Waals surface area contributed by atoms with Crippen LogP contribution in [-0.2, 0) is 13.1 Å². The Labute approximate surface area is 177 Å². The number of hydrogen-bond donors (Lipinski definition) is 1. The van der Waals surface area contributed by atoms with Gasteiger partial charge in [0.15, 0.2) is 11.6 Å². The first-order chi connectivity index (χ1) is 14.0. The lowest BCUT2D eigenvalue weighted by molar-refractivity contribution is 0.301. The minimum atomic E-state index is -0.394. The van der Waals surface area contributed by atoms with E-state index in [4.69, 9.17) is 0 Å². The monoisotopic (exact) mass is 421 g/mol. The number of hydrogen-bond acceptors (Lipinski definition) is 7. The van der Waals surface area contributed by atoms with Gasteiger partial charge in [0.05, 0.1) is 17.9 Å². The Balaban J connectivity index is 1.63. The summed E-state index contributed by atoms with van der Waals surface area (Å²) in [6, 6.07) is 2.05. The van der Waals surface area contributed by atoms with Crippen molar-refractivity contribution in [3.05, 3.63) is 29.6 Å². The minimum absolute atomic E-state index is 0.285. The second-order valence-electron chi connectivity index (χ2n) is 7.65. The summed E-state index contributed by atoms with van der Waals surface area (Å²) < 4.78 is 19.5. The molecule has 29 heavy (non-hydrogen) atoms. The lowest BCUT2D eigenvalue weighted by Gasteiger charge is -2.30. The van der Waals surface area contributed by atoms with Gasteiger partial charge in [0.2, 0.25) is 5.82 Å². The van der Waals surface area contributed by atoms with E-state index in [-0.39, 0.29) is 5.82 Å². The molecule has 1 N–H and O–H groups in total. The van der Waals surface area contributed by atoms with Gasteiger partial charge in [0.1, 0.15) is 6.33 Å². The molecule has 0 radical (unpaired) electrons. The maximum Gasteiger partial charge on any atom is 0.207 e. The fraction of sp³-hybridized carbons (Fsp3) is 0.650. The van der Waals surface area contributed by atoms with Crippen molar-refractivity contribution in [1.82, 2.24) is 24.1 Å². The summed E-state index contributed by atoms with van der Waals surface area (Å²) in [5.74, 6) is 0.740. The van der Waals surface area contributed by atoms with E-state index in [1.54, 1.807) is 11.9 Å². The molecule has 1 aliphatic rings. The molecule has 160 valence electrons. The first kappa shape index (κ1) is 21.8. The predicted molar refractivity (Wildman–Crippen MR) is 118 cm³/mol. The number of aromatic nitrogens is 4. The fourth-order valence-electron chi connectivity index (χ4n) is 3.74. The van der Waals surface area contributed by atoms with Crippen LogP contribution in [0.2, 0.25) is 0 Å². The fourth-order valence-corrected chi connectivity index (χ4v) is 4.31. The van der Waals surface area contributed by atoms with Crippen molar-refractivity contribution >= 4 is 23.6 Å². The van der Waals surface area contributed by atoms with Crippen LogP contribution in [0.1, 0.15) is 37.6 Å². The molecular weight excluding hydrogens is 389 g/mol. The van der Waals surface area contributed by atoms with Gasteiger partial charge in [0, 0.05) is 33.2 Å². The van der Waals surface area contributed by atoms with E-state index in [0.717, 1.165) is 56.8 Å². The molecule has 1 saturated heterocycles. The van der Waals surface area contributed by atoms with Crippen LogP contribution in [0.5, 0.6) is 0 Å². The molecule has 0 spiro atoms. The van der Waals surface area contributed by atoms with Gasteiger partial charge in [-0.05, 0) is 44.4 Å². The first-order valence-electron chi connectivity index (χ1n) is 10.3. The highest BCUT2D eigenvalue weighted by atomic mass is 32.2. The van der Waals surface area contributed by atoms with E-state index >= 15 is 4.39 Å². The molecule has 2 aromatic heterocycles. The van der Waals surface area contributed by atoms with Crippen molar-refractivity contribution < 1.29 is 4.39 Å². The Morgan fingerprint density at radius 3 is 2.76 bits per heavy atom. The Morgan fingerprint density at radius 1 is 1.31 bits per heavy atom. The van der Waals surface area contributed by atoms with Crippen molar-refractivity contribution in [2.45, 2.75) is 46.2 Å². The molecule has 0 amide bonds. The molecule has 2 aromatic rings. The Hall–Kier alpha value is -1.87. The van der Waals surface area contributed by atoms with Crippen molar-refractivity contribution in [2.24, 2.45) is 5.92 Å². The zero-order valence-electron chi connectivity index (χ0n) is 17.9. The van der Waals surface area contributed by atoms with Gasteiger partial charge < -0.3 is 10.2 Å². The normalized spacial score (nSPS) is 15.6. The molecular formula is C20H32FN7S. The van der Waals surface area contributed by atoms with Crippen LogP contribution in [0.4, 0.5) is 16.0 Å². The topological polar surface area (TPSA) is 62.1 Å². The van der Waals surface area contributed by atoms with Crippen molar-refractivity contribution in [2.75, 3.05) is 43.2 Å². The molecule has 0 bridgehead atoms. The van der Waals surface area contributed by atoms with Gasteiger partial charge in [-0.1, -0.05) is 18.9 Å². The molecule has 1 fully saturated rings. The highest BCUT2D eigenvalue weighted by Crippen LogP contribution is 2.25. The van der Waals surface area contributed by atoms with Crippen LogP contribution in [0.25, 0.3) is 0 Å². The summed E-state index contributed by atoms with van der Waals surface area (Å²) in [4.78, 5) is 10.2. The SMILES string of the molecule is CCCn1nc(C)cc1CN(C)c1ncnc(NCC2CCN(SC)CC2)c1F. The molecule has 7 nitrogen and oxygen atoms in total. The summed E-state index contributed by atoms with van der Waals surface area (Å²) in [6.45, 7) is 8.40. The van der Waals surface area contributed by atoms with E-state index < -0.39 is 5.82 Å². The zero-order chi connectivity index (χ0) is 20.8. The second-order valence-corrected chi connectivity index (χ2v) is 8.53. The Morgan fingerprint density at radius 2 is 2.07 bits per heavy atom. The van der Waals surface area contributed by atoms with Crippen LogP contribution in [-0.4, -0.2) is 57.0 Å². The maximum absolute atomic E-state index is 15.1. The van der Waals surface area contributed by atoms with Gasteiger partial charge in [0.25, 0.3) is 0 Å². The molecule has 0 saturated carbocycles. The number of nitrogens with one attached hydrogen (secondary N) is 1. The molecule has 0 atom stereocenters. The Kier molecular flexibility index (Phi) is 7.71. The minimum Gasteiger partial charge on any atom is -0.367 e. The largest absolute Gasteiger partial charge is 0.367 e. The summed E-state index contributed by atoms with van der Waals surface area (Å²) in [5.41, 5.74) is 2.03. The highest BCUT2D eigenvalue weighted by molar-refractivity contribution is 7.96. The predicted octanol–water partition coefficient (Wildman–Crippen LogP) is 3.57. The van der Waals surface area contributed by atoms with Crippen LogP contribution in [0.15, 0.2) is 12.4 Å². The quantitative estimate of drug-likeness (QED) is 0.621. The van der Waals surface area contributed by atoms with E-state index in [1.807, 2.05) is 29.6 Å². The van der Waals surface area contributed by atoms with Crippen LogP contribution in [0.3, 0.4) is 0 Å². The average molecular weight is 422 g/mol. The molecule has 3 rings (SSSR count). The molecule has 0 aromatic carbocycles. The lowest BCUT2D eigenvalue weighted by Crippen LogP contribution is -2.31. The molecule has 3 heterocycles. The van der Waals surface area contributed by atoms with Gasteiger partial charge in [-0.25, -0.2) is 9.97 Å². The number of piperidine rings is 1. The van der Waals surface area contributed by atoms with E-state index in [2.05, 4.69) is 37.9 Å². The van der Waals surface area contributed by atoms with Crippen molar-refractivity contribution in [3.8, 4) is 0 Å². The molecule has 9 heteroatoms. The lowest BCUT2D eigenvalue weighted by atomic mass is 9.98. The summed E-state index contributed by atoms with van der Waals surface area (Å²) in [5, 5.41) is 7.74. The number of nitrogens with zero attached hydrogens (tertiary/aromatic N) is 6. The molecule has 0 aliphatic carbocycles. The molecule has 1 aliphatic heterocycles. The number of rotatable bonds is 9. The maximum atomic E-state index is 15.1. The third-order valence-corrected chi connectivity index (χ3v) is 6.22. The van der Waals surface area contributed by atoms with E-state index in [1.165, 1.54) is 6.33 Å². The second kappa shape index (κ2) is 10.2. The van der Waals surface area contributed by atoms with Crippen LogP contribution >= 0.6 is 11.9 Å². The summed E-state index contributed by atoms with van der Waals surface area (Å²) in [6.07, 6.45) is 6.79.